The van der Waals surface area contributed by atoms with Crippen molar-refractivity contribution in [3.05, 3.63) is 29.8 Å². The molecule has 0 spiro atoms. The molecule has 1 rings (SSSR count). The van der Waals surface area contributed by atoms with Crippen LogP contribution in [0.1, 0.15) is 33.3 Å². The molecular weight excluding hydrogens is 286 g/mol. The lowest BCUT2D eigenvalue weighted by Gasteiger charge is -2.21. The molecule has 118 valence electrons. The van der Waals surface area contributed by atoms with Crippen LogP contribution >= 0.6 is 0 Å². The topological polar surface area (TPSA) is 85.6 Å². The van der Waals surface area contributed by atoms with Crippen molar-refractivity contribution in [3.63, 3.8) is 0 Å². The average molecular weight is 305 g/mol. The molecule has 0 aliphatic heterocycles. The van der Waals surface area contributed by atoms with E-state index in [9.17, 15) is 9.59 Å². The summed E-state index contributed by atoms with van der Waals surface area (Å²) in [7, 11) is 0. The number of esters is 1. The van der Waals surface area contributed by atoms with Crippen molar-refractivity contribution in [2.24, 2.45) is 11.8 Å². The summed E-state index contributed by atoms with van der Waals surface area (Å²) in [4.78, 5) is 23.3. The maximum absolute atomic E-state index is 11.7. The molecule has 0 amide bonds. The smallest absolute Gasteiger partial charge is 0.425 e. The number of carbonyl (C=O) groups excluding carboxylic acids is 2. The van der Waals surface area contributed by atoms with Gasteiger partial charge in [0.05, 0.1) is 17.6 Å². The van der Waals surface area contributed by atoms with Crippen LogP contribution in [-0.4, -0.2) is 18.4 Å². The molecule has 0 fully saturated rings. The quantitative estimate of drug-likeness (QED) is 0.471. The van der Waals surface area contributed by atoms with Crippen LogP contribution in [0, 0.1) is 23.2 Å². The largest absolute Gasteiger partial charge is 0.516 e. The second-order valence-electron chi connectivity index (χ2n) is 5.31. The zero-order chi connectivity index (χ0) is 16.7. The maximum Gasteiger partial charge on any atom is 0.516 e. The van der Waals surface area contributed by atoms with Crippen molar-refractivity contribution in [2.75, 3.05) is 0 Å². The van der Waals surface area contributed by atoms with Crippen LogP contribution in [0.5, 0.6) is 5.75 Å². The summed E-state index contributed by atoms with van der Waals surface area (Å²) in [6, 6.07) is 7.94. The fourth-order valence-electron chi connectivity index (χ4n) is 1.36. The van der Waals surface area contributed by atoms with E-state index in [0.717, 1.165) is 0 Å². The van der Waals surface area contributed by atoms with Crippen LogP contribution < -0.4 is 4.74 Å². The van der Waals surface area contributed by atoms with Crippen molar-refractivity contribution in [3.8, 4) is 11.8 Å². The van der Waals surface area contributed by atoms with Crippen LogP contribution in [0.25, 0.3) is 0 Å². The Labute approximate surface area is 129 Å². The van der Waals surface area contributed by atoms with E-state index in [4.69, 9.17) is 19.5 Å². The van der Waals surface area contributed by atoms with Gasteiger partial charge in [-0.3, -0.25) is 4.79 Å². The summed E-state index contributed by atoms with van der Waals surface area (Å²) in [6.45, 7) is 6.89. The molecule has 1 aromatic rings. The van der Waals surface area contributed by atoms with Crippen molar-refractivity contribution >= 4 is 12.1 Å². The molecule has 6 nitrogen and oxygen atoms in total. The number of benzene rings is 1. The van der Waals surface area contributed by atoms with Crippen molar-refractivity contribution < 1.29 is 23.8 Å². The minimum Gasteiger partial charge on any atom is -0.425 e. The van der Waals surface area contributed by atoms with E-state index < -0.39 is 18.4 Å². The molecule has 0 saturated heterocycles. The summed E-state index contributed by atoms with van der Waals surface area (Å²) in [5, 5.41) is 8.69. The fraction of sp³-hybridized carbons (Fsp3) is 0.438. The van der Waals surface area contributed by atoms with Crippen LogP contribution in [0.4, 0.5) is 4.79 Å². The van der Waals surface area contributed by atoms with Gasteiger partial charge in [-0.15, -0.1) is 0 Å². The van der Waals surface area contributed by atoms with E-state index in [1.54, 1.807) is 27.7 Å². The molecule has 0 radical (unpaired) electrons. The first-order valence-electron chi connectivity index (χ1n) is 6.92. The Bertz CT molecular complexity index is 557. The maximum atomic E-state index is 11.7. The Balaban J connectivity index is 2.63. The van der Waals surface area contributed by atoms with Gasteiger partial charge < -0.3 is 14.2 Å². The Hall–Kier alpha value is -2.55. The Morgan fingerprint density at radius 2 is 1.64 bits per heavy atom. The summed E-state index contributed by atoms with van der Waals surface area (Å²) < 4.78 is 15.1. The monoisotopic (exact) mass is 305 g/mol. The highest BCUT2D eigenvalue weighted by Crippen LogP contribution is 2.16. The number of hydrogen-bond donors (Lipinski definition) is 0. The Morgan fingerprint density at radius 3 is 2.09 bits per heavy atom. The minimum atomic E-state index is -1.01. The molecule has 22 heavy (non-hydrogen) atoms. The van der Waals surface area contributed by atoms with E-state index in [1.165, 1.54) is 24.3 Å². The molecule has 6 heteroatoms. The van der Waals surface area contributed by atoms with E-state index in [0.29, 0.717) is 5.56 Å². The first-order valence-corrected chi connectivity index (χ1v) is 6.92. The molecule has 0 aliphatic rings. The van der Waals surface area contributed by atoms with Gasteiger partial charge in [0.2, 0.25) is 0 Å². The molecule has 0 aromatic heterocycles. The number of hydrogen-bond acceptors (Lipinski definition) is 6. The highest BCUT2D eigenvalue weighted by Gasteiger charge is 2.25. The second-order valence-corrected chi connectivity index (χ2v) is 5.31. The SMILES string of the molecule is CC(C)C(=O)OC(OC(=O)Oc1ccc(C#N)cc1)C(C)C. The number of carbonyl (C=O) groups is 2. The standard InChI is InChI=1S/C16H19NO5/c1-10(2)14(18)21-15(11(3)4)22-16(19)20-13-7-5-12(9-17)6-8-13/h5-8,10-11,15H,1-4H3. The average Bonchev–Trinajstić information content (AvgIpc) is 2.46. The lowest BCUT2D eigenvalue weighted by Crippen LogP contribution is -2.32. The number of ether oxygens (including phenoxy) is 3. The molecule has 0 N–H and O–H groups in total. The van der Waals surface area contributed by atoms with Crippen LogP contribution in [0.15, 0.2) is 24.3 Å². The van der Waals surface area contributed by atoms with Gasteiger partial charge >= 0.3 is 12.1 Å². The molecule has 0 heterocycles. The third kappa shape index (κ3) is 5.44. The Morgan fingerprint density at radius 1 is 1.05 bits per heavy atom. The molecule has 0 aliphatic carbocycles. The van der Waals surface area contributed by atoms with Crippen LogP contribution in [0.2, 0.25) is 0 Å². The minimum absolute atomic E-state index is 0.212. The summed E-state index contributed by atoms with van der Waals surface area (Å²) in [5.74, 6) is -0.748. The fourth-order valence-corrected chi connectivity index (χ4v) is 1.36. The summed E-state index contributed by atoms with van der Waals surface area (Å²) in [6.07, 6.45) is -1.99. The van der Waals surface area contributed by atoms with Crippen molar-refractivity contribution in [1.82, 2.24) is 0 Å². The molecule has 1 atom stereocenters. The third-order valence-corrected chi connectivity index (χ3v) is 2.65. The van der Waals surface area contributed by atoms with E-state index >= 15 is 0 Å². The van der Waals surface area contributed by atoms with Gasteiger partial charge in [0.1, 0.15) is 5.75 Å². The van der Waals surface area contributed by atoms with Gasteiger partial charge in [0.25, 0.3) is 6.29 Å². The van der Waals surface area contributed by atoms with E-state index in [-0.39, 0.29) is 17.6 Å². The second kappa shape index (κ2) is 8.03. The normalized spacial score (nSPS) is 11.7. The molecular formula is C16H19NO5. The van der Waals surface area contributed by atoms with Gasteiger partial charge in [-0.1, -0.05) is 27.7 Å². The zero-order valence-electron chi connectivity index (χ0n) is 13.0. The molecule has 1 aromatic carbocycles. The highest BCUT2D eigenvalue weighted by molar-refractivity contribution is 5.72. The number of rotatable bonds is 5. The van der Waals surface area contributed by atoms with Gasteiger partial charge in [-0.25, -0.2) is 4.79 Å². The zero-order valence-corrected chi connectivity index (χ0v) is 13.0. The molecule has 0 bridgehead atoms. The van der Waals surface area contributed by atoms with Crippen LogP contribution in [0.3, 0.4) is 0 Å². The van der Waals surface area contributed by atoms with Gasteiger partial charge in [-0.2, -0.15) is 5.26 Å². The van der Waals surface area contributed by atoms with Gasteiger partial charge in [0, 0.05) is 5.92 Å². The lowest BCUT2D eigenvalue weighted by molar-refractivity contribution is -0.180. The van der Waals surface area contributed by atoms with E-state index in [2.05, 4.69) is 0 Å². The predicted molar refractivity (Wildman–Crippen MR) is 77.8 cm³/mol. The lowest BCUT2D eigenvalue weighted by atomic mass is 10.2. The molecule has 1 unspecified atom stereocenters. The first-order chi connectivity index (χ1) is 10.3. The highest BCUT2D eigenvalue weighted by atomic mass is 16.8. The Kier molecular flexibility index (Phi) is 6.39. The molecule has 0 saturated carbocycles. The first kappa shape index (κ1) is 17.5. The third-order valence-electron chi connectivity index (χ3n) is 2.65. The number of nitriles is 1. The van der Waals surface area contributed by atoms with Crippen LogP contribution in [-0.2, 0) is 14.3 Å². The van der Waals surface area contributed by atoms with Crippen molar-refractivity contribution in [2.45, 2.75) is 34.0 Å². The van der Waals surface area contributed by atoms with Gasteiger partial charge in [0.15, 0.2) is 0 Å². The van der Waals surface area contributed by atoms with Crippen molar-refractivity contribution in [1.29, 1.82) is 5.26 Å². The van der Waals surface area contributed by atoms with Gasteiger partial charge in [-0.05, 0) is 24.3 Å². The summed E-state index contributed by atoms with van der Waals surface area (Å²) >= 11 is 0. The van der Waals surface area contributed by atoms with E-state index in [1.807, 2.05) is 6.07 Å². The predicted octanol–water partition coefficient (Wildman–Crippen LogP) is 3.25. The summed E-state index contributed by atoms with van der Waals surface area (Å²) in [5.41, 5.74) is 0.451. The number of nitrogens with zero attached hydrogens (tertiary/aromatic N) is 1.